The standard InChI is InChI=1S/C19H29ClN2O3/c1-2-3-11-25-19(23)22-10-5-7-16(14-22)18(24-12-9-21)15-6-4-8-17(20)13-15/h4,6,8,13,16,18H,2-3,5,7,9-12,14,21H2,1H3/t16?,18-/m0/s1. The first kappa shape index (κ1) is 20.0. The number of carbonyl (C=O) groups is 1. The van der Waals surface area contributed by atoms with Crippen molar-refractivity contribution in [2.24, 2.45) is 11.7 Å². The Bertz CT molecular complexity index is 541. The summed E-state index contributed by atoms with van der Waals surface area (Å²) in [5.41, 5.74) is 6.66. The van der Waals surface area contributed by atoms with E-state index in [-0.39, 0.29) is 18.1 Å². The fourth-order valence-electron chi connectivity index (χ4n) is 3.20. The predicted octanol–water partition coefficient (Wildman–Crippen LogP) is 4.01. The molecule has 0 saturated carbocycles. The monoisotopic (exact) mass is 368 g/mol. The molecule has 1 saturated heterocycles. The normalized spacial score (nSPS) is 18.8. The van der Waals surface area contributed by atoms with Gasteiger partial charge in [-0.05, 0) is 37.0 Å². The second kappa shape index (κ2) is 10.6. The lowest BCUT2D eigenvalue weighted by atomic mass is 9.88. The molecule has 2 rings (SSSR count). The molecule has 6 heteroatoms. The van der Waals surface area contributed by atoms with Crippen molar-refractivity contribution in [3.63, 3.8) is 0 Å². The fraction of sp³-hybridized carbons (Fsp3) is 0.632. The zero-order valence-corrected chi connectivity index (χ0v) is 15.7. The number of halogens is 1. The molecule has 0 bridgehead atoms. The summed E-state index contributed by atoms with van der Waals surface area (Å²) in [7, 11) is 0. The zero-order valence-electron chi connectivity index (χ0n) is 15.0. The van der Waals surface area contributed by atoms with Gasteiger partial charge in [-0.2, -0.15) is 0 Å². The first-order chi connectivity index (χ1) is 12.2. The van der Waals surface area contributed by atoms with Gasteiger partial charge in [-0.3, -0.25) is 0 Å². The number of ether oxygens (including phenoxy) is 2. The summed E-state index contributed by atoms with van der Waals surface area (Å²) >= 11 is 6.15. The van der Waals surface area contributed by atoms with Crippen molar-refractivity contribution in [2.75, 3.05) is 32.8 Å². The lowest BCUT2D eigenvalue weighted by Gasteiger charge is -2.36. The Balaban J connectivity index is 2.04. The van der Waals surface area contributed by atoms with Crippen LogP contribution >= 0.6 is 11.6 Å². The second-order valence-electron chi connectivity index (χ2n) is 6.45. The van der Waals surface area contributed by atoms with E-state index in [4.69, 9.17) is 26.8 Å². The van der Waals surface area contributed by atoms with E-state index in [0.717, 1.165) is 37.8 Å². The third-order valence-corrected chi connectivity index (χ3v) is 4.70. The van der Waals surface area contributed by atoms with Gasteiger partial charge in [0, 0.05) is 30.6 Å². The Kier molecular flexibility index (Phi) is 8.52. The molecular weight excluding hydrogens is 340 g/mol. The summed E-state index contributed by atoms with van der Waals surface area (Å²) in [6, 6.07) is 7.73. The highest BCUT2D eigenvalue weighted by atomic mass is 35.5. The first-order valence-electron chi connectivity index (χ1n) is 9.14. The molecule has 1 unspecified atom stereocenters. The Morgan fingerprint density at radius 2 is 2.28 bits per heavy atom. The number of carbonyl (C=O) groups excluding carboxylic acids is 1. The molecule has 25 heavy (non-hydrogen) atoms. The molecule has 0 radical (unpaired) electrons. The second-order valence-corrected chi connectivity index (χ2v) is 6.89. The number of benzene rings is 1. The van der Waals surface area contributed by atoms with E-state index in [9.17, 15) is 4.79 Å². The maximum absolute atomic E-state index is 12.3. The van der Waals surface area contributed by atoms with Gasteiger partial charge in [0.2, 0.25) is 0 Å². The topological polar surface area (TPSA) is 64.8 Å². The van der Waals surface area contributed by atoms with E-state index in [0.29, 0.717) is 31.3 Å². The highest BCUT2D eigenvalue weighted by Crippen LogP contribution is 2.34. The van der Waals surface area contributed by atoms with Crippen molar-refractivity contribution in [2.45, 2.75) is 38.7 Å². The van der Waals surface area contributed by atoms with Crippen LogP contribution in [-0.2, 0) is 9.47 Å². The molecule has 0 spiro atoms. The van der Waals surface area contributed by atoms with Crippen molar-refractivity contribution < 1.29 is 14.3 Å². The molecule has 2 N–H and O–H groups in total. The Morgan fingerprint density at radius 1 is 1.44 bits per heavy atom. The summed E-state index contributed by atoms with van der Waals surface area (Å²) < 4.78 is 11.4. The van der Waals surface area contributed by atoms with Crippen LogP contribution in [0.3, 0.4) is 0 Å². The number of rotatable bonds is 8. The minimum Gasteiger partial charge on any atom is -0.449 e. The van der Waals surface area contributed by atoms with Gasteiger partial charge >= 0.3 is 6.09 Å². The molecule has 1 heterocycles. The van der Waals surface area contributed by atoms with Gasteiger partial charge in [-0.25, -0.2) is 4.79 Å². The van der Waals surface area contributed by atoms with Crippen LogP contribution in [0, 0.1) is 5.92 Å². The maximum Gasteiger partial charge on any atom is 0.409 e. The minimum atomic E-state index is -0.221. The number of hydrogen-bond acceptors (Lipinski definition) is 4. The van der Waals surface area contributed by atoms with Crippen molar-refractivity contribution in [1.82, 2.24) is 4.90 Å². The lowest BCUT2D eigenvalue weighted by molar-refractivity contribution is -0.0126. The Morgan fingerprint density at radius 3 is 3.00 bits per heavy atom. The van der Waals surface area contributed by atoms with E-state index in [1.165, 1.54) is 0 Å². The van der Waals surface area contributed by atoms with Crippen LogP contribution in [0.2, 0.25) is 5.02 Å². The van der Waals surface area contributed by atoms with E-state index >= 15 is 0 Å². The van der Waals surface area contributed by atoms with Gasteiger partial charge in [-0.15, -0.1) is 0 Å². The smallest absolute Gasteiger partial charge is 0.409 e. The van der Waals surface area contributed by atoms with E-state index < -0.39 is 0 Å². The van der Waals surface area contributed by atoms with E-state index in [1.54, 1.807) is 4.90 Å². The highest BCUT2D eigenvalue weighted by molar-refractivity contribution is 6.30. The van der Waals surface area contributed by atoms with Gasteiger partial charge in [0.05, 0.1) is 19.3 Å². The number of amides is 1. The third kappa shape index (κ3) is 6.17. The predicted molar refractivity (Wildman–Crippen MR) is 99.8 cm³/mol. The van der Waals surface area contributed by atoms with Crippen LogP contribution in [-0.4, -0.2) is 43.8 Å². The van der Waals surface area contributed by atoms with Crippen molar-refractivity contribution in [3.8, 4) is 0 Å². The summed E-state index contributed by atoms with van der Waals surface area (Å²) in [6.45, 7) is 4.88. The highest BCUT2D eigenvalue weighted by Gasteiger charge is 2.31. The number of piperidine rings is 1. The fourth-order valence-corrected chi connectivity index (χ4v) is 3.40. The lowest BCUT2D eigenvalue weighted by Crippen LogP contribution is -2.42. The number of unbranched alkanes of at least 4 members (excludes halogenated alkanes) is 1. The SMILES string of the molecule is CCCCOC(=O)N1CCCC([C@@H](OCCN)c2cccc(Cl)c2)C1. The average Bonchev–Trinajstić information content (AvgIpc) is 2.62. The molecule has 0 aliphatic carbocycles. The Labute approximate surface area is 155 Å². The molecular formula is C19H29ClN2O3. The molecule has 1 aliphatic heterocycles. The van der Waals surface area contributed by atoms with Crippen LogP contribution in [0.15, 0.2) is 24.3 Å². The van der Waals surface area contributed by atoms with Crippen LogP contribution in [0.4, 0.5) is 4.79 Å². The quantitative estimate of drug-likeness (QED) is 0.704. The average molecular weight is 369 g/mol. The Hall–Kier alpha value is -1.30. The molecule has 0 aromatic heterocycles. The first-order valence-corrected chi connectivity index (χ1v) is 9.52. The van der Waals surface area contributed by atoms with Crippen LogP contribution in [0.5, 0.6) is 0 Å². The third-order valence-electron chi connectivity index (χ3n) is 4.46. The molecule has 1 aromatic carbocycles. The van der Waals surface area contributed by atoms with Crippen molar-refractivity contribution in [3.05, 3.63) is 34.9 Å². The molecule has 1 amide bonds. The molecule has 1 aromatic rings. The largest absolute Gasteiger partial charge is 0.449 e. The molecule has 2 atom stereocenters. The maximum atomic E-state index is 12.3. The number of nitrogens with two attached hydrogens (primary N) is 1. The van der Waals surface area contributed by atoms with Crippen LogP contribution in [0.1, 0.15) is 44.3 Å². The van der Waals surface area contributed by atoms with Gasteiger partial charge < -0.3 is 20.1 Å². The summed E-state index contributed by atoms with van der Waals surface area (Å²) in [5.74, 6) is 0.206. The van der Waals surface area contributed by atoms with Gasteiger partial charge in [0.15, 0.2) is 0 Å². The number of nitrogens with zero attached hydrogens (tertiary/aromatic N) is 1. The summed E-state index contributed by atoms with van der Waals surface area (Å²) in [6.07, 6.45) is 3.51. The number of likely N-dealkylation sites (tertiary alicyclic amines) is 1. The van der Waals surface area contributed by atoms with E-state index in [1.807, 2.05) is 24.3 Å². The van der Waals surface area contributed by atoms with Crippen LogP contribution in [0.25, 0.3) is 0 Å². The van der Waals surface area contributed by atoms with E-state index in [2.05, 4.69) is 6.92 Å². The van der Waals surface area contributed by atoms with Gasteiger partial charge in [0.1, 0.15) is 0 Å². The molecule has 1 fully saturated rings. The van der Waals surface area contributed by atoms with Gasteiger partial charge in [0.25, 0.3) is 0 Å². The van der Waals surface area contributed by atoms with Crippen molar-refractivity contribution >= 4 is 17.7 Å². The zero-order chi connectivity index (χ0) is 18.1. The molecule has 5 nitrogen and oxygen atoms in total. The van der Waals surface area contributed by atoms with Crippen molar-refractivity contribution in [1.29, 1.82) is 0 Å². The summed E-state index contributed by atoms with van der Waals surface area (Å²) in [4.78, 5) is 14.1. The molecule has 140 valence electrons. The minimum absolute atomic E-state index is 0.117. The number of hydrogen-bond donors (Lipinski definition) is 1. The van der Waals surface area contributed by atoms with Crippen LogP contribution < -0.4 is 5.73 Å². The van der Waals surface area contributed by atoms with Gasteiger partial charge in [-0.1, -0.05) is 37.1 Å². The summed E-state index contributed by atoms with van der Waals surface area (Å²) in [5, 5.41) is 0.686. The molecule has 1 aliphatic rings.